The van der Waals surface area contributed by atoms with Crippen molar-refractivity contribution in [2.75, 3.05) is 0 Å². The van der Waals surface area contributed by atoms with Crippen molar-refractivity contribution in [1.29, 1.82) is 0 Å². The van der Waals surface area contributed by atoms with Gasteiger partial charge in [0.2, 0.25) is 5.82 Å². The van der Waals surface area contributed by atoms with E-state index in [0.717, 1.165) is 0 Å². The highest BCUT2D eigenvalue weighted by atomic mass is 35.5. The van der Waals surface area contributed by atoms with E-state index in [0.29, 0.717) is 12.1 Å². The number of rotatable bonds is 2. The fraction of sp³-hybridized carbons (Fsp3) is 0.222. The van der Waals surface area contributed by atoms with Crippen molar-refractivity contribution >= 4 is 28.3 Å². The van der Waals surface area contributed by atoms with E-state index in [4.69, 9.17) is 11.6 Å². The van der Waals surface area contributed by atoms with Crippen LogP contribution in [0.2, 0.25) is 0 Å². The molecule has 1 aromatic carbocycles. The molecule has 2 rings (SSSR count). The molecule has 2 aromatic rings. The van der Waals surface area contributed by atoms with Crippen molar-refractivity contribution in [2.24, 2.45) is 0 Å². The van der Waals surface area contributed by atoms with Crippen molar-refractivity contribution in [3.63, 3.8) is 0 Å². The van der Waals surface area contributed by atoms with Crippen LogP contribution >= 0.6 is 11.6 Å². The molecule has 0 aliphatic rings. The van der Waals surface area contributed by atoms with E-state index in [9.17, 15) is 32.1 Å². The number of halogens is 6. The van der Waals surface area contributed by atoms with Gasteiger partial charge in [0.05, 0.1) is 16.0 Å². The molecular weight excluding hydrogens is 313 g/mol. The van der Waals surface area contributed by atoms with Crippen molar-refractivity contribution in [3.8, 4) is 0 Å². The summed E-state index contributed by atoms with van der Waals surface area (Å²) in [6.07, 6.45) is -4.91. The maximum absolute atomic E-state index is 13.1. The second-order valence-electron chi connectivity index (χ2n) is 3.73. The third kappa shape index (κ3) is 2.50. The number of nitrogens with zero attached hydrogens (tertiary/aromatic N) is 2. The minimum atomic E-state index is -4.91. The van der Waals surface area contributed by atoms with Gasteiger partial charge in [-0.3, -0.25) is 10.1 Å². The molecule has 0 unspecified atom stereocenters. The Balaban J connectivity index is 2.81. The van der Waals surface area contributed by atoms with Gasteiger partial charge in [0.15, 0.2) is 0 Å². The number of nitrogens with one attached hydrogen (secondary N) is 1. The lowest BCUT2D eigenvalue weighted by molar-refractivity contribution is -0.384. The van der Waals surface area contributed by atoms with Crippen LogP contribution in [0.3, 0.4) is 0 Å². The Hall–Kier alpha value is -1.97. The molecule has 0 saturated carbocycles. The lowest BCUT2D eigenvalue weighted by Gasteiger charge is -2.08. The lowest BCUT2D eigenvalue weighted by Crippen LogP contribution is -2.08. The SMILES string of the molecule is O=[N+]([O-])c1cc(C(F)(F)Cl)c2nc(C(F)(F)F)[nH]c2c1. The summed E-state index contributed by atoms with van der Waals surface area (Å²) in [7, 11) is 0. The first-order valence-electron chi connectivity index (χ1n) is 4.82. The molecule has 0 radical (unpaired) electrons. The number of aromatic amines is 1. The van der Waals surface area contributed by atoms with Gasteiger partial charge in [-0.25, -0.2) is 4.98 Å². The summed E-state index contributed by atoms with van der Waals surface area (Å²) in [5.41, 5.74) is -3.33. The van der Waals surface area contributed by atoms with Gasteiger partial charge in [-0.2, -0.15) is 22.0 Å². The van der Waals surface area contributed by atoms with Crippen LogP contribution < -0.4 is 0 Å². The number of H-pyrrole nitrogens is 1. The molecule has 0 aliphatic heterocycles. The molecular formula is C9H3ClF5N3O2. The number of hydrogen-bond donors (Lipinski definition) is 1. The van der Waals surface area contributed by atoms with Gasteiger partial charge < -0.3 is 4.98 Å². The minimum Gasteiger partial charge on any atom is -0.334 e. The number of non-ortho nitro benzene ring substituents is 1. The summed E-state index contributed by atoms with van der Waals surface area (Å²) in [5.74, 6) is -1.55. The molecule has 0 atom stereocenters. The van der Waals surface area contributed by atoms with Crippen LogP contribution in [0.25, 0.3) is 11.0 Å². The largest absolute Gasteiger partial charge is 0.449 e. The fourth-order valence-corrected chi connectivity index (χ4v) is 1.70. The van der Waals surface area contributed by atoms with Crippen LogP contribution in [-0.2, 0) is 11.6 Å². The number of imidazole rings is 1. The van der Waals surface area contributed by atoms with E-state index in [1.54, 1.807) is 4.98 Å². The van der Waals surface area contributed by atoms with Crippen LogP contribution in [0.15, 0.2) is 12.1 Å². The average Bonchev–Trinajstić information content (AvgIpc) is 2.68. The average molecular weight is 316 g/mol. The highest BCUT2D eigenvalue weighted by Crippen LogP contribution is 2.40. The highest BCUT2D eigenvalue weighted by Gasteiger charge is 2.38. The minimum absolute atomic E-state index is 0.385. The Morgan fingerprint density at radius 3 is 2.30 bits per heavy atom. The maximum atomic E-state index is 13.1. The molecule has 0 aliphatic carbocycles. The second-order valence-corrected chi connectivity index (χ2v) is 4.20. The third-order valence-corrected chi connectivity index (χ3v) is 2.56. The quantitative estimate of drug-likeness (QED) is 0.397. The number of alkyl halides is 6. The zero-order chi connectivity index (χ0) is 15.3. The summed E-state index contributed by atoms with van der Waals surface area (Å²) >= 11 is 4.75. The molecule has 0 amide bonds. The molecule has 11 heteroatoms. The van der Waals surface area contributed by atoms with Crippen LogP contribution in [0, 0.1) is 10.1 Å². The van der Waals surface area contributed by atoms with Crippen LogP contribution in [0.4, 0.5) is 27.6 Å². The number of fused-ring (bicyclic) bond motifs is 1. The maximum Gasteiger partial charge on any atom is 0.449 e. The molecule has 1 heterocycles. The number of nitro groups is 1. The lowest BCUT2D eigenvalue weighted by atomic mass is 10.1. The van der Waals surface area contributed by atoms with E-state index in [1.165, 1.54) is 0 Å². The first-order chi connectivity index (χ1) is 9.00. The Bertz CT molecular complexity index is 691. The monoisotopic (exact) mass is 315 g/mol. The Labute approximate surface area is 111 Å². The normalized spacial score (nSPS) is 12.9. The van der Waals surface area contributed by atoms with Crippen molar-refractivity contribution in [1.82, 2.24) is 9.97 Å². The van der Waals surface area contributed by atoms with Crippen molar-refractivity contribution in [2.45, 2.75) is 11.6 Å². The van der Waals surface area contributed by atoms with Gasteiger partial charge in [-0.05, 0) is 11.6 Å². The Morgan fingerprint density at radius 2 is 1.85 bits per heavy atom. The number of aromatic nitrogens is 2. The van der Waals surface area contributed by atoms with E-state index in [-0.39, 0.29) is 0 Å². The molecule has 1 aromatic heterocycles. The van der Waals surface area contributed by atoms with Crippen LogP contribution in [0.1, 0.15) is 11.4 Å². The summed E-state index contributed by atoms with van der Waals surface area (Å²) < 4.78 is 63.7. The molecule has 0 bridgehead atoms. The Kier molecular flexibility index (Phi) is 3.08. The second kappa shape index (κ2) is 4.27. The third-order valence-electron chi connectivity index (χ3n) is 2.36. The molecule has 0 saturated heterocycles. The molecule has 20 heavy (non-hydrogen) atoms. The van der Waals surface area contributed by atoms with E-state index >= 15 is 0 Å². The van der Waals surface area contributed by atoms with E-state index in [1.807, 2.05) is 0 Å². The van der Waals surface area contributed by atoms with Gasteiger partial charge in [0.1, 0.15) is 5.52 Å². The zero-order valence-corrected chi connectivity index (χ0v) is 9.89. The fourth-order valence-electron chi connectivity index (χ4n) is 1.56. The summed E-state index contributed by atoms with van der Waals surface area (Å²) in [5, 5.41) is 6.49. The van der Waals surface area contributed by atoms with Crippen LogP contribution in [0.5, 0.6) is 0 Å². The smallest absolute Gasteiger partial charge is 0.334 e. The molecule has 1 N–H and O–H groups in total. The highest BCUT2D eigenvalue weighted by molar-refractivity contribution is 6.22. The summed E-state index contributed by atoms with van der Waals surface area (Å²) in [6.45, 7) is 0. The molecule has 5 nitrogen and oxygen atoms in total. The number of hydrogen-bond acceptors (Lipinski definition) is 3. The van der Waals surface area contributed by atoms with Gasteiger partial charge in [-0.15, -0.1) is 0 Å². The van der Waals surface area contributed by atoms with Crippen LogP contribution in [-0.4, -0.2) is 14.9 Å². The predicted octanol–water partition coefficient (Wildman–Crippen LogP) is 3.78. The first-order valence-corrected chi connectivity index (χ1v) is 5.20. The number of nitro benzene ring substituents is 1. The number of benzene rings is 1. The first kappa shape index (κ1) is 14.4. The molecule has 0 spiro atoms. The zero-order valence-electron chi connectivity index (χ0n) is 9.13. The summed E-state index contributed by atoms with van der Waals surface area (Å²) in [4.78, 5) is 14.3. The van der Waals surface area contributed by atoms with E-state index < -0.39 is 44.6 Å². The van der Waals surface area contributed by atoms with E-state index in [2.05, 4.69) is 4.98 Å². The Morgan fingerprint density at radius 1 is 1.25 bits per heavy atom. The predicted molar refractivity (Wildman–Crippen MR) is 57.5 cm³/mol. The standard InChI is InChI=1S/C9H3ClF5N3O2/c10-8(11,12)4-1-3(18(19)20)2-5-6(4)17-7(16-5)9(13,14)15/h1-2H,(H,16,17). The van der Waals surface area contributed by atoms with Gasteiger partial charge >= 0.3 is 11.6 Å². The van der Waals surface area contributed by atoms with Gasteiger partial charge in [-0.1, -0.05) is 0 Å². The van der Waals surface area contributed by atoms with Gasteiger partial charge in [0, 0.05) is 12.1 Å². The van der Waals surface area contributed by atoms with Crippen molar-refractivity contribution in [3.05, 3.63) is 33.6 Å². The summed E-state index contributed by atoms with van der Waals surface area (Å²) in [6, 6.07) is 1.06. The topological polar surface area (TPSA) is 71.8 Å². The van der Waals surface area contributed by atoms with Gasteiger partial charge in [0.25, 0.3) is 5.69 Å². The molecule has 108 valence electrons. The molecule has 0 fully saturated rings. The van der Waals surface area contributed by atoms with Crippen molar-refractivity contribution < 1.29 is 26.9 Å².